The number of aromatic nitrogens is 1. The van der Waals surface area contributed by atoms with Gasteiger partial charge in [0.2, 0.25) is 5.91 Å². The highest BCUT2D eigenvalue weighted by molar-refractivity contribution is 5.94. The normalized spacial score (nSPS) is 10.5. The zero-order valence-corrected chi connectivity index (χ0v) is 14.1. The van der Waals surface area contributed by atoms with Crippen molar-refractivity contribution in [1.29, 1.82) is 0 Å². The molecule has 0 fully saturated rings. The molecule has 128 valence electrons. The zero-order chi connectivity index (χ0) is 17.5. The van der Waals surface area contributed by atoms with E-state index in [2.05, 4.69) is 23.7 Å². The van der Waals surface area contributed by atoms with Crippen LogP contribution in [0.2, 0.25) is 0 Å². The fourth-order valence-corrected chi connectivity index (χ4v) is 2.48. The Morgan fingerprint density at radius 3 is 2.29 bits per heavy atom. The van der Waals surface area contributed by atoms with Gasteiger partial charge in [0.25, 0.3) is 0 Å². The highest BCUT2D eigenvalue weighted by Gasteiger charge is 2.15. The number of nitrogens with zero attached hydrogens (tertiary/aromatic N) is 3. The summed E-state index contributed by atoms with van der Waals surface area (Å²) >= 11 is 0. The summed E-state index contributed by atoms with van der Waals surface area (Å²) in [5, 5.41) is 0. The maximum atomic E-state index is 13.1. The average molecular weight is 330 g/mol. The number of pyridine rings is 1. The van der Waals surface area contributed by atoms with E-state index >= 15 is 0 Å². The van der Waals surface area contributed by atoms with E-state index in [1.165, 1.54) is 17.0 Å². The standard InChI is InChI=1S/C18H23FN4O/c1-3-22(4-2)17-10-5-14(12-21-17)13-23(18(24)11-20)16-8-6-15(19)7-9-16/h5-10,12H,3-4,11,13,20H2,1-2H3. The molecule has 2 N–H and O–H groups in total. The Kier molecular flexibility index (Phi) is 6.26. The molecule has 1 amide bonds. The summed E-state index contributed by atoms with van der Waals surface area (Å²) in [5.41, 5.74) is 7.00. The predicted molar refractivity (Wildman–Crippen MR) is 94.4 cm³/mol. The molecule has 0 aliphatic rings. The molecule has 2 rings (SSSR count). The van der Waals surface area contributed by atoms with Crippen LogP contribution in [-0.4, -0.2) is 30.5 Å². The van der Waals surface area contributed by atoms with Crippen molar-refractivity contribution in [2.45, 2.75) is 20.4 Å². The Hall–Kier alpha value is -2.47. The number of carbonyl (C=O) groups is 1. The van der Waals surface area contributed by atoms with Gasteiger partial charge < -0.3 is 15.5 Å². The van der Waals surface area contributed by atoms with E-state index < -0.39 is 0 Å². The zero-order valence-electron chi connectivity index (χ0n) is 14.1. The van der Waals surface area contributed by atoms with Crippen LogP contribution < -0.4 is 15.5 Å². The molecule has 0 aliphatic carbocycles. The third-order valence-electron chi connectivity index (χ3n) is 3.85. The van der Waals surface area contributed by atoms with Crippen LogP contribution >= 0.6 is 0 Å². The van der Waals surface area contributed by atoms with E-state index in [0.29, 0.717) is 12.2 Å². The molecule has 0 saturated carbocycles. The third kappa shape index (κ3) is 4.29. The van der Waals surface area contributed by atoms with Gasteiger partial charge in [0, 0.05) is 25.0 Å². The quantitative estimate of drug-likeness (QED) is 0.847. The number of hydrogen-bond acceptors (Lipinski definition) is 4. The summed E-state index contributed by atoms with van der Waals surface area (Å²) in [6.07, 6.45) is 1.76. The van der Waals surface area contributed by atoms with Gasteiger partial charge >= 0.3 is 0 Å². The molecule has 0 spiro atoms. The van der Waals surface area contributed by atoms with Gasteiger partial charge in [-0.1, -0.05) is 6.07 Å². The molecule has 0 saturated heterocycles. The van der Waals surface area contributed by atoms with Gasteiger partial charge in [-0.25, -0.2) is 9.37 Å². The molecule has 0 atom stereocenters. The number of anilines is 2. The van der Waals surface area contributed by atoms with Gasteiger partial charge in [-0.3, -0.25) is 4.79 Å². The SMILES string of the molecule is CCN(CC)c1ccc(CN(C(=O)CN)c2ccc(F)cc2)cn1. The first-order valence-electron chi connectivity index (χ1n) is 8.04. The molecule has 0 radical (unpaired) electrons. The second-order valence-electron chi connectivity index (χ2n) is 5.36. The van der Waals surface area contributed by atoms with Crippen molar-refractivity contribution >= 4 is 17.4 Å². The van der Waals surface area contributed by atoms with Crippen molar-refractivity contribution in [2.75, 3.05) is 29.4 Å². The molecule has 24 heavy (non-hydrogen) atoms. The number of benzene rings is 1. The first kappa shape index (κ1) is 17.9. The minimum absolute atomic E-state index is 0.109. The Labute approximate surface area is 141 Å². The van der Waals surface area contributed by atoms with E-state index in [9.17, 15) is 9.18 Å². The molecule has 6 heteroatoms. The number of nitrogens with two attached hydrogens (primary N) is 1. The maximum absolute atomic E-state index is 13.1. The fourth-order valence-electron chi connectivity index (χ4n) is 2.48. The number of halogens is 1. The number of amides is 1. The largest absolute Gasteiger partial charge is 0.357 e. The van der Waals surface area contributed by atoms with E-state index in [1.54, 1.807) is 18.3 Å². The Bertz CT molecular complexity index is 654. The van der Waals surface area contributed by atoms with Gasteiger partial charge in [0.15, 0.2) is 0 Å². The Morgan fingerprint density at radius 1 is 1.12 bits per heavy atom. The van der Waals surface area contributed by atoms with E-state index in [0.717, 1.165) is 24.5 Å². The van der Waals surface area contributed by atoms with E-state index in [1.807, 2.05) is 12.1 Å². The molecule has 1 aromatic heterocycles. The number of hydrogen-bond donors (Lipinski definition) is 1. The van der Waals surface area contributed by atoms with E-state index in [-0.39, 0.29) is 18.3 Å². The van der Waals surface area contributed by atoms with Crippen LogP contribution in [0.15, 0.2) is 42.6 Å². The lowest BCUT2D eigenvalue weighted by Crippen LogP contribution is -2.35. The first-order chi connectivity index (χ1) is 11.6. The summed E-state index contributed by atoms with van der Waals surface area (Å²) in [5.74, 6) is 0.334. The average Bonchev–Trinajstić information content (AvgIpc) is 2.62. The minimum Gasteiger partial charge on any atom is -0.357 e. The molecule has 0 bridgehead atoms. The summed E-state index contributed by atoms with van der Waals surface area (Å²) in [6, 6.07) is 9.68. The van der Waals surface area contributed by atoms with Crippen LogP contribution in [0.25, 0.3) is 0 Å². The van der Waals surface area contributed by atoms with Crippen molar-refractivity contribution in [1.82, 2.24) is 4.98 Å². The molecule has 2 aromatic rings. The molecular weight excluding hydrogens is 307 g/mol. The number of carbonyl (C=O) groups excluding carboxylic acids is 1. The van der Waals surface area contributed by atoms with Gasteiger partial charge in [-0.2, -0.15) is 0 Å². The van der Waals surface area contributed by atoms with E-state index in [4.69, 9.17) is 5.73 Å². The fraction of sp³-hybridized carbons (Fsp3) is 0.333. The first-order valence-corrected chi connectivity index (χ1v) is 8.04. The predicted octanol–water partition coefficient (Wildman–Crippen LogP) is 2.56. The van der Waals surface area contributed by atoms with Crippen molar-refractivity contribution < 1.29 is 9.18 Å². The molecule has 1 heterocycles. The lowest BCUT2D eigenvalue weighted by Gasteiger charge is -2.23. The summed E-state index contributed by atoms with van der Waals surface area (Å²) in [4.78, 5) is 20.3. The van der Waals surface area contributed by atoms with Crippen molar-refractivity contribution in [3.63, 3.8) is 0 Å². The third-order valence-corrected chi connectivity index (χ3v) is 3.85. The second-order valence-corrected chi connectivity index (χ2v) is 5.36. The van der Waals surface area contributed by atoms with Crippen LogP contribution in [0.5, 0.6) is 0 Å². The van der Waals surface area contributed by atoms with Gasteiger partial charge in [-0.05, 0) is 49.7 Å². The molecule has 0 unspecified atom stereocenters. The van der Waals surface area contributed by atoms with Crippen LogP contribution in [0, 0.1) is 5.82 Å². The summed E-state index contributed by atoms with van der Waals surface area (Å²) < 4.78 is 13.1. The lowest BCUT2D eigenvalue weighted by molar-refractivity contribution is -0.117. The topological polar surface area (TPSA) is 62.5 Å². The van der Waals surface area contributed by atoms with Gasteiger partial charge in [0.05, 0.1) is 13.1 Å². The van der Waals surface area contributed by atoms with Crippen LogP contribution in [0.4, 0.5) is 15.9 Å². The summed E-state index contributed by atoms with van der Waals surface area (Å²) in [7, 11) is 0. The molecule has 0 aliphatic heterocycles. The molecule has 5 nitrogen and oxygen atoms in total. The molecular formula is C18H23FN4O. The maximum Gasteiger partial charge on any atom is 0.241 e. The van der Waals surface area contributed by atoms with Crippen LogP contribution in [0.1, 0.15) is 19.4 Å². The van der Waals surface area contributed by atoms with Crippen molar-refractivity contribution in [3.05, 3.63) is 54.0 Å². The Morgan fingerprint density at radius 2 is 1.79 bits per heavy atom. The summed E-state index contributed by atoms with van der Waals surface area (Å²) in [6.45, 7) is 6.16. The van der Waals surface area contributed by atoms with Crippen LogP contribution in [-0.2, 0) is 11.3 Å². The van der Waals surface area contributed by atoms with Crippen molar-refractivity contribution in [2.24, 2.45) is 5.73 Å². The molecule has 1 aromatic carbocycles. The van der Waals surface area contributed by atoms with Crippen LogP contribution in [0.3, 0.4) is 0 Å². The highest BCUT2D eigenvalue weighted by Crippen LogP contribution is 2.19. The van der Waals surface area contributed by atoms with Gasteiger partial charge in [0.1, 0.15) is 11.6 Å². The smallest absolute Gasteiger partial charge is 0.241 e. The monoisotopic (exact) mass is 330 g/mol. The minimum atomic E-state index is -0.343. The lowest BCUT2D eigenvalue weighted by atomic mass is 10.2. The van der Waals surface area contributed by atoms with Gasteiger partial charge in [-0.15, -0.1) is 0 Å². The van der Waals surface area contributed by atoms with Crippen molar-refractivity contribution in [3.8, 4) is 0 Å². The number of rotatable bonds is 7. The highest BCUT2D eigenvalue weighted by atomic mass is 19.1. The second kappa shape index (κ2) is 8.40. The Balaban J connectivity index is 2.20.